The van der Waals surface area contributed by atoms with Gasteiger partial charge in [-0.3, -0.25) is 24.5 Å². The fraction of sp³-hybridized carbons (Fsp3) is 0.360. The lowest BCUT2D eigenvalue weighted by molar-refractivity contribution is -0.384. The molecule has 3 amide bonds. The van der Waals surface area contributed by atoms with Crippen molar-refractivity contribution in [2.24, 2.45) is 5.92 Å². The van der Waals surface area contributed by atoms with Gasteiger partial charge in [0.15, 0.2) is 0 Å². The summed E-state index contributed by atoms with van der Waals surface area (Å²) in [5.74, 6) is -1.12. The van der Waals surface area contributed by atoms with Crippen LogP contribution in [0, 0.1) is 16.0 Å². The SMILES string of the molecule is O=C(Nc1ccc(Cl)cn1)c1oc2ccc([N+](=O)[O-])cc2c1NC(=O)[C@H]1CC[C@H](N2CCCC2=O)CC1. The van der Waals surface area contributed by atoms with Crippen LogP contribution in [0.1, 0.15) is 49.1 Å². The molecule has 0 atom stereocenters. The van der Waals surface area contributed by atoms with Crippen molar-refractivity contribution in [3.05, 3.63) is 57.4 Å². The van der Waals surface area contributed by atoms with Crippen LogP contribution in [0.4, 0.5) is 17.2 Å². The molecule has 1 saturated heterocycles. The summed E-state index contributed by atoms with van der Waals surface area (Å²) >= 11 is 5.85. The van der Waals surface area contributed by atoms with Crippen LogP contribution in [0.15, 0.2) is 40.9 Å². The molecule has 1 saturated carbocycles. The number of benzene rings is 1. The van der Waals surface area contributed by atoms with Crippen LogP contribution < -0.4 is 10.6 Å². The molecule has 2 N–H and O–H groups in total. The second-order valence-corrected chi connectivity index (χ2v) is 9.68. The van der Waals surface area contributed by atoms with Gasteiger partial charge >= 0.3 is 0 Å². The number of nitrogens with one attached hydrogen (secondary N) is 2. The number of nitrogens with zero attached hydrogens (tertiary/aromatic N) is 3. The summed E-state index contributed by atoms with van der Waals surface area (Å²) in [6.45, 7) is 0.765. The van der Waals surface area contributed by atoms with Crippen molar-refractivity contribution in [1.82, 2.24) is 9.88 Å². The summed E-state index contributed by atoms with van der Waals surface area (Å²) in [5.41, 5.74) is 0.0734. The highest BCUT2D eigenvalue weighted by Crippen LogP contribution is 2.36. The average Bonchev–Trinajstić information content (AvgIpc) is 3.48. The van der Waals surface area contributed by atoms with E-state index in [0.29, 0.717) is 24.3 Å². The smallest absolute Gasteiger partial charge is 0.294 e. The topological polar surface area (TPSA) is 148 Å². The van der Waals surface area contributed by atoms with E-state index in [0.717, 1.165) is 25.8 Å². The van der Waals surface area contributed by atoms with Crippen LogP contribution in [0.25, 0.3) is 11.0 Å². The molecule has 1 aliphatic carbocycles. The number of aromatic nitrogens is 1. The number of nitro groups is 1. The molecule has 0 radical (unpaired) electrons. The number of carbonyl (C=O) groups is 3. The number of amides is 3. The van der Waals surface area contributed by atoms with Crippen LogP contribution in [0.5, 0.6) is 0 Å². The van der Waals surface area contributed by atoms with Crippen molar-refractivity contribution >= 4 is 57.5 Å². The van der Waals surface area contributed by atoms with Gasteiger partial charge in [-0.05, 0) is 50.3 Å². The van der Waals surface area contributed by atoms with Crippen molar-refractivity contribution in [2.45, 2.75) is 44.6 Å². The lowest BCUT2D eigenvalue weighted by atomic mass is 9.84. The highest BCUT2D eigenvalue weighted by atomic mass is 35.5. The number of nitro benzene ring substituents is 1. The molecule has 192 valence electrons. The van der Waals surface area contributed by atoms with E-state index in [1.165, 1.54) is 30.5 Å². The first-order valence-corrected chi connectivity index (χ1v) is 12.4. The maximum absolute atomic E-state index is 13.3. The minimum atomic E-state index is -0.680. The van der Waals surface area contributed by atoms with Crippen molar-refractivity contribution < 1.29 is 23.7 Å². The van der Waals surface area contributed by atoms with Gasteiger partial charge in [0.25, 0.3) is 11.6 Å². The maximum Gasteiger partial charge on any atom is 0.294 e. The molecule has 11 nitrogen and oxygen atoms in total. The lowest BCUT2D eigenvalue weighted by Crippen LogP contribution is -2.40. The molecule has 2 aromatic heterocycles. The van der Waals surface area contributed by atoms with E-state index in [9.17, 15) is 24.5 Å². The molecule has 12 heteroatoms. The van der Waals surface area contributed by atoms with Gasteiger partial charge in [-0.15, -0.1) is 0 Å². The van der Waals surface area contributed by atoms with Gasteiger partial charge in [-0.2, -0.15) is 0 Å². The van der Waals surface area contributed by atoms with Crippen LogP contribution >= 0.6 is 11.6 Å². The maximum atomic E-state index is 13.3. The number of likely N-dealkylation sites (tertiary alicyclic amines) is 1. The number of fused-ring (bicyclic) bond motifs is 1. The quantitative estimate of drug-likeness (QED) is 0.348. The predicted octanol–water partition coefficient (Wildman–Crippen LogP) is 4.76. The summed E-state index contributed by atoms with van der Waals surface area (Å²) in [4.78, 5) is 55.2. The molecule has 1 aliphatic heterocycles. The minimum Gasteiger partial charge on any atom is -0.449 e. The molecular weight excluding hydrogens is 502 g/mol. The Hall–Kier alpha value is -3.99. The Labute approximate surface area is 216 Å². The fourth-order valence-corrected chi connectivity index (χ4v) is 5.15. The third kappa shape index (κ3) is 5.12. The van der Waals surface area contributed by atoms with E-state index in [1.54, 1.807) is 6.07 Å². The number of non-ortho nitro benzene ring substituents is 1. The molecule has 2 fully saturated rings. The van der Waals surface area contributed by atoms with Gasteiger partial charge in [0, 0.05) is 43.3 Å². The number of furan rings is 1. The van der Waals surface area contributed by atoms with Gasteiger partial charge in [0.1, 0.15) is 17.1 Å². The zero-order chi connectivity index (χ0) is 26.1. The number of hydrogen-bond donors (Lipinski definition) is 2. The summed E-state index contributed by atoms with van der Waals surface area (Å²) in [6, 6.07) is 7.13. The molecular formula is C25H24ClN5O6. The molecule has 0 bridgehead atoms. The Kier molecular flexibility index (Phi) is 6.79. The molecule has 3 aromatic rings. The zero-order valence-electron chi connectivity index (χ0n) is 19.7. The predicted molar refractivity (Wildman–Crippen MR) is 135 cm³/mol. The van der Waals surface area contributed by atoms with Gasteiger partial charge in [0.05, 0.1) is 15.3 Å². The molecule has 0 spiro atoms. The summed E-state index contributed by atoms with van der Waals surface area (Å²) in [5, 5.41) is 17.4. The molecule has 2 aliphatic rings. The van der Waals surface area contributed by atoms with Gasteiger partial charge in [0.2, 0.25) is 17.6 Å². The molecule has 0 unspecified atom stereocenters. The van der Waals surface area contributed by atoms with Gasteiger partial charge < -0.3 is 20.0 Å². The van der Waals surface area contributed by atoms with Crippen molar-refractivity contribution in [1.29, 1.82) is 0 Å². The number of hydrogen-bond acceptors (Lipinski definition) is 7. The second-order valence-electron chi connectivity index (χ2n) is 9.24. The van der Waals surface area contributed by atoms with Crippen molar-refractivity contribution in [3.8, 4) is 0 Å². The molecule has 3 heterocycles. The number of pyridine rings is 1. The van der Waals surface area contributed by atoms with Crippen LogP contribution in [-0.4, -0.2) is 45.1 Å². The molecule has 37 heavy (non-hydrogen) atoms. The van der Waals surface area contributed by atoms with E-state index in [1.807, 2.05) is 4.90 Å². The fourth-order valence-electron chi connectivity index (χ4n) is 5.04. The Bertz CT molecular complexity index is 1380. The van der Waals surface area contributed by atoms with E-state index < -0.39 is 10.8 Å². The van der Waals surface area contributed by atoms with Gasteiger partial charge in [-0.1, -0.05) is 11.6 Å². The second kappa shape index (κ2) is 10.2. The third-order valence-corrected chi connectivity index (χ3v) is 7.15. The van der Waals surface area contributed by atoms with E-state index in [-0.39, 0.29) is 57.7 Å². The Morgan fingerprint density at radius 2 is 1.92 bits per heavy atom. The molecule has 1 aromatic carbocycles. The first-order chi connectivity index (χ1) is 17.8. The van der Waals surface area contributed by atoms with Crippen LogP contribution in [0.3, 0.4) is 0 Å². The summed E-state index contributed by atoms with van der Waals surface area (Å²) in [6.07, 6.45) is 5.44. The van der Waals surface area contributed by atoms with E-state index in [4.69, 9.17) is 16.0 Å². The lowest BCUT2D eigenvalue weighted by Gasteiger charge is -2.34. The highest BCUT2D eigenvalue weighted by Gasteiger charge is 2.34. The Morgan fingerprint density at radius 1 is 1.14 bits per heavy atom. The first-order valence-electron chi connectivity index (χ1n) is 12.0. The Morgan fingerprint density at radius 3 is 2.57 bits per heavy atom. The monoisotopic (exact) mass is 525 g/mol. The first kappa shape index (κ1) is 24.7. The minimum absolute atomic E-state index is 0.0620. The van der Waals surface area contributed by atoms with Crippen molar-refractivity contribution in [2.75, 3.05) is 17.2 Å². The summed E-state index contributed by atoms with van der Waals surface area (Å²) in [7, 11) is 0. The zero-order valence-corrected chi connectivity index (χ0v) is 20.5. The normalized spacial score (nSPS) is 19.7. The number of halogens is 1. The van der Waals surface area contributed by atoms with Crippen LogP contribution in [0.2, 0.25) is 5.02 Å². The standard InChI is InChI=1S/C25H24ClN5O6/c26-15-5-10-20(27-13-15)28-25(34)23-22(18-12-17(31(35)36)8-9-19(18)37-23)29-24(33)14-3-6-16(7-4-14)30-11-1-2-21(30)32/h5,8-10,12-14,16H,1-4,6-7,11H2,(H,29,33)(H,27,28,34)/t14-,16-. The number of carbonyl (C=O) groups excluding carboxylic acids is 3. The number of rotatable bonds is 6. The van der Waals surface area contributed by atoms with E-state index >= 15 is 0 Å². The average molecular weight is 526 g/mol. The summed E-state index contributed by atoms with van der Waals surface area (Å²) < 4.78 is 5.73. The Balaban J connectivity index is 1.38. The molecule has 5 rings (SSSR count). The highest BCUT2D eigenvalue weighted by molar-refractivity contribution is 6.30. The van der Waals surface area contributed by atoms with Gasteiger partial charge in [-0.25, -0.2) is 4.98 Å². The van der Waals surface area contributed by atoms with Crippen LogP contribution in [-0.2, 0) is 9.59 Å². The number of anilines is 2. The largest absolute Gasteiger partial charge is 0.449 e. The third-order valence-electron chi connectivity index (χ3n) is 6.92. The van der Waals surface area contributed by atoms with E-state index in [2.05, 4.69) is 15.6 Å². The van der Waals surface area contributed by atoms with Crippen molar-refractivity contribution in [3.63, 3.8) is 0 Å².